The van der Waals surface area contributed by atoms with E-state index in [1.54, 1.807) is 36.4 Å². The Balaban J connectivity index is 1.66. The average Bonchev–Trinajstić information content (AvgIpc) is 3.32. The molecule has 2 aromatic carbocycles. The zero-order valence-corrected chi connectivity index (χ0v) is 19.5. The molecule has 0 saturated heterocycles. The Labute approximate surface area is 210 Å². The smallest absolute Gasteiger partial charge is 0.271 e. The summed E-state index contributed by atoms with van der Waals surface area (Å²) >= 11 is 6.28. The molecule has 0 aliphatic heterocycles. The van der Waals surface area contributed by atoms with E-state index in [9.17, 15) is 18.4 Å². The van der Waals surface area contributed by atoms with Crippen molar-refractivity contribution in [3.8, 4) is 16.9 Å². The van der Waals surface area contributed by atoms with Gasteiger partial charge in [0, 0.05) is 24.4 Å². The molecule has 0 bridgehead atoms. The second-order valence-electron chi connectivity index (χ2n) is 7.77. The fourth-order valence-corrected chi connectivity index (χ4v) is 3.55. The molecule has 1 unspecified atom stereocenters. The Kier molecular flexibility index (Phi) is 7.67. The molecule has 4 aromatic rings. The van der Waals surface area contributed by atoms with Crippen LogP contribution < -0.4 is 16.4 Å². The standard InChI is InChI=1S/C25H21ClF2N6O2/c26-19-9-8-15(23-20(28)7-4-10-30-23)11-18(19)24(35)32-22-12-21(25(36)31-14-16(29)13-27)33-34(22)17-5-2-1-3-6-17/h1-12,16H,13-14,29H2,(H,31,36)(H,32,35). The van der Waals surface area contributed by atoms with Gasteiger partial charge in [-0.15, -0.1) is 0 Å². The molecule has 36 heavy (non-hydrogen) atoms. The Morgan fingerprint density at radius 1 is 1.06 bits per heavy atom. The highest BCUT2D eigenvalue weighted by molar-refractivity contribution is 6.34. The zero-order chi connectivity index (χ0) is 25.7. The Morgan fingerprint density at radius 3 is 2.56 bits per heavy atom. The number of carbonyl (C=O) groups is 2. The minimum Gasteiger partial charge on any atom is -0.349 e. The van der Waals surface area contributed by atoms with Gasteiger partial charge < -0.3 is 16.4 Å². The number of nitrogens with one attached hydrogen (secondary N) is 2. The van der Waals surface area contributed by atoms with Gasteiger partial charge in [-0.2, -0.15) is 5.10 Å². The van der Waals surface area contributed by atoms with Gasteiger partial charge in [-0.05, 0) is 36.4 Å². The van der Waals surface area contributed by atoms with Gasteiger partial charge in [-0.25, -0.2) is 13.5 Å². The Morgan fingerprint density at radius 2 is 1.83 bits per heavy atom. The summed E-state index contributed by atoms with van der Waals surface area (Å²) in [6.45, 7) is -0.871. The van der Waals surface area contributed by atoms with E-state index in [-0.39, 0.29) is 34.3 Å². The van der Waals surface area contributed by atoms with Crippen molar-refractivity contribution in [3.63, 3.8) is 0 Å². The first-order valence-corrected chi connectivity index (χ1v) is 11.2. The summed E-state index contributed by atoms with van der Waals surface area (Å²) in [7, 11) is 0. The van der Waals surface area contributed by atoms with E-state index >= 15 is 0 Å². The topological polar surface area (TPSA) is 115 Å². The van der Waals surface area contributed by atoms with Crippen LogP contribution in [0, 0.1) is 5.82 Å². The lowest BCUT2D eigenvalue weighted by Gasteiger charge is -2.11. The SMILES string of the molecule is NC(CF)CNC(=O)c1cc(NC(=O)c2cc(-c3ncccc3F)ccc2Cl)n(-c2ccccc2)n1. The van der Waals surface area contributed by atoms with E-state index in [2.05, 4.69) is 20.7 Å². The number of carbonyl (C=O) groups excluding carboxylic acids is 2. The van der Waals surface area contributed by atoms with E-state index < -0.39 is 30.3 Å². The quantitative estimate of drug-likeness (QED) is 0.331. The fourth-order valence-electron chi connectivity index (χ4n) is 3.34. The van der Waals surface area contributed by atoms with Crippen molar-refractivity contribution in [3.05, 3.63) is 95.0 Å². The molecule has 184 valence electrons. The maximum absolute atomic E-state index is 14.2. The van der Waals surface area contributed by atoms with Crippen LogP contribution in [0.4, 0.5) is 14.6 Å². The number of halogens is 3. The average molecular weight is 511 g/mol. The van der Waals surface area contributed by atoms with E-state index in [4.69, 9.17) is 17.3 Å². The molecule has 0 spiro atoms. The van der Waals surface area contributed by atoms with Gasteiger partial charge in [0.2, 0.25) is 0 Å². The van der Waals surface area contributed by atoms with Gasteiger partial charge in [0.1, 0.15) is 24.0 Å². The molecule has 2 heterocycles. The summed E-state index contributed by atoms with van der Waals surface area (Å²) < 4.78 is 28.3. The lowest BCUT2D eigenvalue weighted by molar-refractivity contribution is 0.0943. The zero-order valence-electron chi connectivity index (χ0n) is 18.8. The van der Waals surface area contributed by atoms with Crippen LogP contribution in [0.3, 0.4) is 0 Å². The highest BCUT2D eigenvalue weighted by Gasteiger charge is 2.20. The maximum Gasteiger partial charge on any atom is 0.271 e. The fraction of sp³-hybridized carbons (Fsp3) is 0.120. The van der Waals surface area contributed by atoms with Gasteiger partial charge >= 0.3 is 0 Å². The van der Waals surface area contributed by atoms with Crippen LogP contribution in [0.1, 0.15) is 20.8 Å². The van der Waals surface area contributed by atoms with Gasteiger partial charge in [-0.3, -0.25) is 14.6 Å². The van der Waals surface area contributed by atoms with Crippen LogP contribution in [0.25, 0.3) is 16.9 Å². The first kappa shape index (κ1) is 25.0. The molecule has 8 nitrogen and oxygen atoms in total. The van der Waals surface area contributed by atoms with Crippen molar-refractivity contribution in [1.82, 2.24) is 20.1 Å². The van der Waals surface area contributed by atoms with Crippen molar-refractivity contribution < 1.29 is 18.4 Å². The molecular weight excluding hydrogens is 490 g/mol. The Bertz CT molecular complexity index is 1400. The number of hydrogen-bond acceptors (Lipinski definition) is 5. The third-order valence-electron chi connectivity index (χ3n) is 5.15. The van der Waals surface area contributed by atoms with E-state index in [0.717, 1.165) is 0 Å². The number of alkyl halides is 1. The largest absolute Gasteiger partial charge is 0.349 e. The van der Waals surface area contributed by atoms with E-state index in [0.29, 0.717) is 11.3 Å². The number of para-hydroxylation sites is 1. The van der Waals surface area contributed by atoms with Gasteiger partial charge in [0.15, 0.2) is 5.69 Å². The highest BCUT2D eigenvalue weighted by Crippen LogP contribution is 2.27. The van der Waals surface area contributed by atoms with Gasteiger partial charge in [-0.1, -0.05) is 35.9 Å². The van der Waals surface area contributed by atoms with E-state index in [1.165, 1.54) is 41.2 Å². The number of nitrogens with zero attached hydrogens (tertiary/aromatic N) is 3. The van der Waals surface area contributed by atoms with Crippen molar-refractivity contribution in [2.24, 2.45) is 5.73 Å². The lowest BCUT2D eigenvalue weighted by atomic mass is 10.1. The third kappa shape index (κ3) is 5.56. The first-order chi connectivity index (χ1) is 17.4. The number of amides is 2. The molecule has 2 amide bonds. The van der Waals surface area contributed by atoms with Crippen molar-refractivity contribution >= 4 is 29.2 Å². The minimum absolute atomic E-state index is 0.0179. The number of benzene rings is 2. The first-order valence-electron chi connectivity index (χ1n) is 10.8. The summed E-state index contributed by atoms with van der Waals surface area (Å²) in [5.41, 5.74) is 6.58. The highest BCUT2D eigenvalue weighted by atomic mass is 35.5. The molecule has 0 fully saturated rings. The van der Waals surface area contributed by atoms with Crippen LogP contribution in [0.5, 0.6) is 0 Å². The normalized spacial score (nSPS) is 11.7. The molecule has 0 aliphatic carbocycles. The number of nitrogens with two attached hydrogens (primary N) is 1. The molecular formula is C25H21ClF2N6O2. The summed E-state index contributed by atoms with van der Waals surface area (Å²) in [6.07, 6.45) is 1.44. The number of hydrogen-bond donors (Lipinski definition) is 3. The van der Waals surface area contributed by atoms with Crippen molar-refractivity contribution in [2.75, 3.05) is 18.5 Å². The third-order valence-corrected chi connectivity index (χ3v) is 5.48. The molecule has 4 N–H and O–H groups in total. The van der Waals surface area contributed by atoms with E-state index in [1.807, 2.05) is 0 Å². The number of aromatic nitrogens is 3. The van der Waals surface area contributed by atoms with Crippen LogP contribution in [0.2, 0.25) is 5.02 Å². The summed E-state index contributed by atoms with van der Waals surface area (Å²) in [5, 5.41) is 9.65. The van der Waals surface area contributed by atoms with Crippen molar-refractivity contribution in [1.29, 1.82) is 0 Å². The summed E-state index contributed by atoms with van der Waals surface area (Å²) in [4.78, 5) is 29.8. The Hall–Kier alpha value is -4.15. The molecule has 0 saturated carbocycles. The predicted octanol–water partition coefficient (Wildman–Crippen LogP) is 4.01. The maximum atomic E-state index is 14.2. The molecule has 0 aliphatic rings. The van der Waals surface area contributed by atoms with Crippen LogP contribution >= 0.6 is 11.6 Å². The molecule has 11 heteroatoms. The van der Waals surface area contributed by atoms with Gasteiger partial charge in [0.05, 0.1) is 22.3 Å². The second kappa shape index (κ2) is 11.1. The minimum atomic E-state index is -0.845. The summed E-state index contributed by atoms with van der Waals surface area (Å²) in [6, 6.07) is 16.5. The second-order valence-corrected chi connectivity index (χ2v) is 8.18. The monoisotopic (exact) mass is 510 g/mol. The van der Waals surface area contributed by atoms with Crippen LogP contribution in [-0.4, -0.2) is 45.8 Å². The number of pyridine rings is 1. The molecule has 4 rings (SSSR count). The van der Waals surface area contributed by atoms with Crippen LogP contribution in [-0.2, 0) is 0 Å². The number of anilines is 1. The lowest BCUT2D eigenvalue weighted by Crippen LogP contribution is -2.38. The predicted molar refractivity (Wildman–Crippen MR) is 132 cm³/mol. The van der Waals surface area contributed by atoms with Crippen LogP contribution in [0.15, 0.2) is 72.9 Å². The summed E-state index contributed by atoms with van der Waals surface area (Å²) in [5.74, 6) is -1.57. The molecule has 0 radical (unpaired) electrons. The molecule has 2 aromatic heterocycles. The van der Waals surface area contributed by atoms with Crippen molar-refractivity contribution in [2.45, 2.75) is 6.04 Å². The molecule has 1 atom stereocenters. The number of rotatable bonds is 8. The van der Waals surface area contributed by atoms with Gasteiger partial charge in [0.25, 0.3) is 11.8 Å².